The van der Waals surface area contributed by atoms with Crippen molar-refractivity contribution in [1.29, 1.82) is 0 Å². The molecule has 1 atom stereocenters. The van der Waals surface area contributed by atoms with Gasteiger partial charge in [-0.2, -0.15) is 4.98 Å². The number of likely N-dealkylation sites (tertiary alicyclic amines) is 1. The Kier molecular flexibility index (Phi) is 3.92. The van der Waals surface area contributed by atoms with Crippen molar-refractivity contribution in [2.45, 2.75) is 56.9 Å². The number of amides is 2. The van der Waals surface area contributed by atoms with Crippen molar-refractivity contribution in [2.75, 3.05) is 11.9 Å². The number of aliphatic carboxylic acids is 1. The molecule has 27 heavy (non-hydrogen) atoms. The number of nitrogens with one attached hydrogen (secondary N) is 1. The maximum atomic E-state index is 12.6. The Bertz CT molecular complexity index is 917. The summed E-state index contributed by atoms with van der Waals surface area (Å²) in [7, 11) is 0. The molecule has 0 bridgehead atoms. The number of thiophene rings is 1. The van der Waals surface area contributed by atoms with Gasteiger partial charge in [0.05, 0.1) is 5.56 Å². The third-order valence-corrected chi connectivity index (χ3v) is 6.76. The van der Waals surface area contributed by atoms with Crippen LogP contribution in [0.15, 0.2) is 4.52 Å². The normalized spacial score (nSPS) is 21.5. The largest absolute Gasteiger partial charge is 0.480 e. The van der Waals surface area contributed by atoms with Crippen molar-refractivity contribution < 1.29 is 19.2 Å². The van der Waals surface area contributed by atoms with Gasteiger partial charge in [-0.1, -0.05) is 5.16 Å². The molecule has 5 rings (SSSR count). The van der Waals surface area contributed by atoms with Gasteiger partial charge in [0.2, 0.25) is 0 Å². The van der Waals surface area contributed by atoms with Gasteiger partial charge in [-0.3, -0.25) is 5.32 Å². The number of carbonyl (C=O) groups excluding carboxylic acids is 1. The van der Waals surface area contributed by atoms with Crippen LogP contribution in [-0.4, -0.2) is 44.7 Å². The molecular formula is C18H20N4O4S. The van der Waals surface area contributed by atoms with Crippen LogP contribution < -0.4 is 5.32 Å². The number of anilines is 1. The first-order valence-electron chi connectivity index (χ1n) is 9.40. The van der Waals surface area contributed by atoms with E-state index in [9.17, 15) is 14.7 Å². The lowest BCUT2D eigenvalue weighted by Crippen LogP contribution is -2.56. The van der Waals surface area contributed by atoms with E-state index in [1.54, 1.807) is 11.3 Å². The molecule has 1 aliphatic heterocycles. The fraction of sp³-hybridized carbons (Fsp3) is 0.556. The molecule has 1 unspecified atom stereocenters. The van der Waals surface area contributed by atoms with Gasteiger partial charge < -0.3 is 14.5 Å². The topological polar surface area (TPSA) is 109 Å². The van der Waals surface area contributed by atoms with Crippen LogP contribution >= 0.6 is 11.3 Å². The average Bonchev–Trinajstić information content (AvgIpc) is 3.22. The second kappa shape index (κ2) is 6.33. The maximum Gasteiger partial charge on any atom is 0.326 e. The molecule has 2 N–H and O–H groups in total. The fourth-order valence-corrected chi connectivity index (χ4v) is 5.05. The lowest BCUT2D eigenvalue weighted by atomic mass is 9.95. The smallest absolute Gasteiger partial charge is 0.326 e. The summed E-state index contributed by atoms with van der Waals surface area (Å²) in [5, 5.41) is 16.9. The molecule has 0 aromatic carbocycles. The quantitative estimate of drug-likeness (QED) is 0.832. The Balaban J connectivity index is 1.47. The zero-order valence-corrected chi connectivity index (χ0v) is 15.5. The van der Waals surface area contributed by atoms with E-state index in [-0.39, 0.29) is 6.03 Å². The van der Waals surface area contributed by atoms with Crippen molar-refractivity contribution >= 4 is 28.3 Å². The molecule has 0 radical (unpaired) electrons. The summed E-state index contributed by atoms with van der Waals surface area (Å²) in [6.07, 6.45) is 6.82. The molecular weight excluding hydrogens is 368 g/mol. The zero-order chi connectivity index (χ0) is 18.5. The van der Waals surface area contributed by atoms with Gasteiger partial charge in [-0.15, -0.1) is 11.3 Å². The molecule has 0 spiro atoms. The van der Waals surface area contributed by atoms with Crippen LogP contribution in [0, 0.1) is 0 Å². The van der Waals surface area contributed by atoms with E-state index in [0.29, 0.717) is 29.8 Å². The molecule has 9 heteroatoms. The fourth-order valence-electron chi connectivity index (χ4n) is 3.78. The van der Waals surface area contributed by atoms with E-state index in [1.165, 1.54) is 15.3 Å². The number of carboxylic acids is 1. The molecule has 8 nitrogen and oxygen atoms in total. The van der Waals surface area contributed by atoms with Gasteiger partial charge >= 0.3 is 12.0 Å². The van der Waals surface area contributed by atoms with Crippen molar-refractivity contribution in [3.05, 3.63) is 16.3 Å². The Hall–Kier alpha value is -2.42. The monoisotopic (exact) mass is 388 g/mol. The molecule has 3 heterocycles. The summed E-state index contributed by atoms with van der Waals surface area (Å²) >= 11 is 1.55. The van der Waals surface area contributed by atoms with Gasteiger partial charge in [0, 0.05) is 17.3 Å². The lowest BCUT2D eigenvalue weighted by molar-refractivity contribution is -0.145. The summed E-state index contributed by atoms with van der Waals surface area (Å²) in [6.45, 7) is 0.454. The van der Waals surface area contributed by atoms with E-state index in [1.807, 2.05) is 0 Å². The second-order valence-electron chi connectivity index (χ2n) is 7.41. The molecule has 2 aliphatic carbocycles. The number of nitrogens with zero attached hydrogens (tertiary/aromatic N) is 3. The minimum atomic E-state index is -0.965. The number of aryl methyl sites for hydroxylation is 1. The van der Waals surface area contributed by atoms with Gasteiger partial charge in [0.1, 0.15) is 11.0 Å². The molecule has 142 valence electrons. The zero-order valence-electron chi connectivity index (χ0n) is 14.7. The third kappa shape index (κ3) is 2.90. The number of carbonyl (C=O) groups is 2. The van der Waals surface area contributed by atoms with E-state index in [2.05, 4.69) is 15.5 Å². The highest BCUT2D eigenvalue weighted by atomic mass is 32.1. The highest BCUT2D eigenvalue weighted by Crippen LogP contribution is 2.45. The van der Waals surface area contributed by atoms with Crippen molar-refractivity contribution in [3.8, 4) is 11.5 Å². The molecule has 2 aromatic heterocycles. The lowest BCUT2D eigenvalue weighted by Gasteiger charge is -2.37. The predicted octanol–water partition coefficient (Wildman–Crippen LogP) is 3.25. The summed E-state index contributed by atoms with van der Waals surface area (Å²) in [5.74, 6) is 0.636. The highest BCUT2D eigenvalue weighted by Gasteiger charge is 2.38. The van der Waals surface area contributed by atoms with Gasteiger partial charge in [-0.05, 0) is 50.5 Å². The first-order valence-corrected chi connectivity index (χ1v) is 10.2. The average molecular weight is 388 g/mol. The number of hydrogen-bond donors (Lipinski definition) is 2. The van der Waals surface area contributed by atoms with Gasteiger partial charge in [-0.25, -0.2) is 9.59 Å². The van der Waals surface area contributed by atoms with Crippen molar-refractivity contribution in [2.24, 2.45) is 0 Å². The van der Waals surface area contributed by atoms with Gasteiger partial charge in [0.15, 0.2) is 5.82 Å². The number of fused-ring (bicyclic) bond motifs is 1. The second-order valence-corrected chi connectivity index (χ2v) is 8.52. The van der Waals surface area contributed by atoms with E-state index >= 15 is 0 Å². The van der Waals surface area contributed by atoms with Crippen LogP contribution in [0.4, 0.5) is 9.80 Å². The highest BCUT2D eigenvalue weighted by molar-refractivity contribution is 7.17. The molecule has 2 aromatic rings. The van der Waals surface area contributed by atoms with E-state index in [4.69, 9.17) is 4.52 Å². The maximum absolute atomic E-state index is 12.6. The Morgan fingerprint density at radius 2 is 2.04 bits per heavy atom. The number of aromatic nitrogens is 2. The third-order valence-electron chi connectivity index (χ3n) is 5.56. The summed E-state index contributed by atoms with van der Waals surface area (Å²) in [5.41, 5.74) is 2.01. The minimum absolute atomic E-state index is 0.379. The Labute approximate surface area is 159 Å². The number of urea groups is 1. The van der Waals surface area contributed by atoms with Crippen LogP contribution in [0.2, 0.25) is 0 Å². The molecule has 2 fully saturated rings. The summed E-state index contributed by atoms with van der Waals surface area (Å²) < 4.78 is 5.55. The first-order chi connectivity index (χ1) is 13.1. The molecule has 3 aliphatic rings. The molecule has 1 saturated heterocycles. The van der Waals surface area contributed by atoms with Crippen LogP contribution in [0.25, 0.3) is 11.5 Å². The van der Waals surface area contributed by atoms with Crippen LogP contribution in [-0.2, 0) is 17.6 Å². The van der Waals surface area contributed by atoms with Crippen molar-refractivity contribution in [1.82, 2.24) is 15.0 Å². The summed E-state index contributed by atoms with van der Waals surface area (Å²) in [4.78, 5) is 31.0. The SMILES string of the molecule is O=C(O)C1CCN1C(=O)Nc1sc2c(c1-c1nc(C3CC3)no1)CCCC2. The Morgan fingerprint density at radius 3 is 2.74 bits per heavy atom. The van der Waals surface area contributed by atoms with Crippen LogP contribution in [0.5, 0.6) is 0 Å². The number of rotatable bonds is 4. The minimum Gasteiger partial charge on any atom is -0.480 e. The predicted molar refractivity (Wildman–Crippen MR) is 98.0 cm³/mol. The van der Waals surface area contributed by atoms with E-state index in [0.717, 1.165) is 49.9 Å². The molecule has 2 amide bonds. The first kappa shape index (κ1) is 16.7. The van der Waals surface area contributed by atoms with Gasteiger partial charge in [0.25, 0.3) is 5.89 Å². The van der Waals surface area contributed by atoms with Crippen LogP contribution in [0.1, 0.15) is 54.3 Å². The Morgan fingerprint density at radius 1 is 1.22 bits per heavy atom. The van der Waals surface area contributed by atoms with Crippen molar-refractivity contribution in [3.63, 3.8) is 0 Å². The van der Waals surface area contributed by atoms with Crippen LogP contribution in [0.3, 0.4) is 0 Å². The standard InChI is InChI=1S/C18H20N4O4S/c23-17(24)11-7-8-22(11)18(25)20-16-13(10-3-1-2-4-12(10)27-16)15-19-14(21-26-15)9-5-6-9/h9,11H,1-8H2,(H,20,25)(H,23,24). The number of carboxylic acid groups (broad SMARTS) is 1. The molecule has 1 saturated carbocycles. The van der Waals surface area contributed by atoms with E-state index < -0.39 is 12.0 Å². The number of hydrogen-bond acceptors (Lipinski definition) is 6. The summed E-state index contributed by atoms with van der Waals surface area (Å²) in [6, 6.07) is -1.12.